The van der Waals surface area contributed by atoms with Gasteiger partial charge in [0.15, 0.2) is 0 Å². The maximum atomic E-state index is 12.3. The standard InChI is InChI=1S/C22H24ClN3O2/c1-16-4-9-20(23)21(12-16)28-15-18-5-7-19(8-6-18)22(27)24-10-3-11-26-14-17(2)13-25-26/h4-9,12-14H,3,10-11,15H2,1-2H3,(H,24,27). The van der Waals surface area contributed by atoms with Crippen LogP contribution in [0.4, 0.5) is 0 Å². The van der Waals surface area contributed by atoms with Crippen molar-refractivity contribution < 1.29 is 9.53 Å². The van der Waals surface area contributed by atoms with Crippen molar-refractivity contribution in [3.8, 4) is 5.75 Å². The molecule has 1 N–H and O–H groups in total. The molecule has 0 bridgehead atoms. The van der Waals surface area contributed by atoms with Crippen LogP contribution in [0, 0.1) is 13.8 Å². The summed E-state index contributed by atoms with van der Waals surface area (Å²) in [7, 11) is 0. The number of rotatable bonds is 8. The van der Waals surface area contributed by atoms with Gasteiger partial charge in [-0.3, -0.25) is 9.48 Å². The highest BCUT2D eigenvalue weighted by atomic mass is 35.5. The zero-order chi connectivity index (χ0) is 19.9. The topological polar surface area (TPSA) is 56.1 Å². The van der Waals surface area contributed by atoms with Crippen molar-refractivity contribution in [2.24, 2.45) is 0 Å². The third-order valence-corrected chi connectivity index (χ3v) is 4.62. The van der Waals surface area contributed by atoms with Crippen molar-refractivity contribution in [1.82, 2.24) is 15.1 Å². The van der Waals surface area contributed by atoms with E-state index in [1.165, 1.54) is 0 Å². The number of carbonyl (C=O) groups is 1. The van der Waals surface area contributed by atoms with Crippen molar-refractivity contribution >= 4 is 17.5 Å². The number of amides is 1. The number of benzene rings is 2. The van der Waals surface area contributed by atoms with Gasteiger partial charge in [0.1, 0.15) is 12.4 Å². The normalized spacial score (nSPS) is 10.7. The molecule has 0 saturated carbocycles. The molecule has 146 valence electrons. The maximum Gasteiger partial charge on any atom is 0.251 e. The van der Waals surface area contributed by atoms with Gasteiger partial charge in [0.05, 0.1) is 11.2 Å². The molecule has 0 unspecified atom stereocenters. The summed E-state index contributed by atoms with van der Waals surface area (Å²) >= 11 is 6.15. The Hall–Kier alpha value is -2.79. The highest BCUT2D eigenvalue weighted by molar-refractivity contribution is 6.32. The van der Waals surface area contributed by atoms with Crippen LogP contribution in [-0.4, -0.2) is 22.2 Å². The second kappa shape index (κ2) is 9.42. The van der Waals surface area contributed by atoms with Gasteiger partial charge in [-0.15, -0.1) is 0 Å². The Balaban J connectivity index is 1.45. The Morgan fingerprint density at radius 2 is 1.93 bits per heavy atom. The minimum absolute atomic E-state index is 0.0779. The number of hydrogen-bond acceptors (Lipinski definition) is 3. The predicted molar refractivity (Wildman–Crippen MR) is 111 cm³/mol. The Kier molecular flexibility index (Phi) is 6.71. The lowest BCUT2D eigenvalue weighted by atomic mass is 10.1. The third kappa shape index (κ3) is 5.60. The molecule has 1 amide bonds. The molecule has 0 atom stereocenters. The van der Waals surface area contributed by atoms with Crippen molar-refractivity contribution in [2.75, 3.05) is 6.54 Å². The summed E-state index contributed by atoms with van der Waals surface area (Å²) in [6.45, 7) is 5.79. The summed E-state index contributed by atoms with van der Waals surface area (Å²) in [6, 6.07) is 13.1. The molecule has 0 spiro atoms. The molecule has 3 aromatic rings. The SMILES string of the molecule is Cc1ccc(Cl)c(OCc2ccc(C(=O)NCCCn3cc(C)cn3)cc2)c1. The smallest absolute Gasteiger partial charge is 0.251 e. The van der Waals surface area contributed by atoms with Crippen LogP contribution in [0.2, 0.25) is 5.02 Å². The van der Waals surface area contributed by atoms with Gasteiger partial charge < -0.3 is 10.1 Å². The average Bonchev–Trinajstić information content (AvgIpc) is 3.11. The van der Waals surface area contributed by atoms with E-state index in [0.717, 1.165) is 29.7 Å². The molecule has 28 heavy (non-hydrogen) atoms. The lowest BCUT2D eigenvalue weighted by molar-refractivity contribution is 0.0952. The number of nitrogens with zero attached hydrogens (tertiary/aromatic N) is 2. The number of carbonyl (C=O) groups excluding carboxylic acids is 1. The van der Waals surface area contributed by atoms with E-state index < -0.39 is 0 Å². The second-order valence-electron chi connectivity index (χ2n) is 6.81. The van der Waals surface area contributed by atoms with Crippen LogP contribution in [0.5, 0.6) is 5.75 Å². The van der Waals surface area contributed by atoms with Gasteiger partial charge >= 0.3 is 0 Å². The number of aromatic nitrogens is 2. The molecule has 5 nitrogen and oxygen atoms in total. The van der Waals surface area contributed by atoms with Crippen LogP contribution in [0.1, 0.15) is 33.5 Å². The molecule has 1 aromatic heterocycles. The van der Waals surface area contributed by atoms with Crippen LogP contribution >= 0.6 is 11.6 Å². The molecule has 0 radical (unpaired) electrons. The van der Waals surface area contributed by atoms with E-state index in [0.29, 0.717) is 29.5 Å². The summed E-state index contributed by atoms with van der Waals surface area (Å²) in [5, 5.41) is 7.76. The van der Waals surface area contributed by atoms with Gasteiger partial charge in [0.25, 0.3) is 5.91 Å². The molecule has 3 rings (SSSR count). The van der Waals surface area contributed by atoms with Crippen molar-refractivity contribution in [3.05, 3.63) is 82.1 Å². The quantitative estimate of drug-likeness (QED) is 0.567. The lowest BCUT2D eigenvalue weighted by Crippen LogP contribution is -2.25. The largest absolute Gasteiger partial charge is 0.487 e. The first kappa shape index (κ1) is 20.0. The molecule has 0 saturated heterocycles. The lowest BCUT2D eigenvalue weighted by Gasteiger charge is -2.10. The highest BCUT2D eigenvalue weighted by Crippen LogP contribution is 2.26. The first-order valence-electron chi connectivity index (χ1n) is 9.26. The van der Waals surface area contributed by atoms with Gasteiger partial charge in [0.2, 0.25) is 0 Å². The summed E-state index contributed by atoms with van der Waals surface area (Å²) in [6.07, 6.45) is 4.65. The molecule has 0 fully saturated rings. The number of halogens is 1. The van der Waals surface area contributed by atoms with Crippen LogP contribution in [0.3, 0.4) is 0 Å². The fourth-order valence-electron chi connectivity index (χ4n) is 2.77. The number of hydrogen-bond donors (Lipinski definition) is 1. The first-order chi connectivity index (χ1) is 13.5. The molecular formula is C22H24ClN3O2. The molecule has 2 aromatic carbocycles. The Bertz CT molecular complexity index is 935. The fourth-order valence-corrected chi connectivity index (χ4v) is 2.94. The first-order valence-corrected chi connectivity index (χ1v) is 9.64. The van der Waals surface area contributed by atoms with E-state index in [1.54, 1.807) is 0 Å². The second-order valence-corrected chi connectivity index (χ2v) is 7.22. The molecular weight excluding hydrogens is 374 g/mol. The summed E-state index contributed by atoms with van der Waals surface area (Å²) < 4.78 is 7.67. The van der Waals surface area contributed by atoms with Gasteiger partial charge in [-0.05, 0) is 61.2 Å². The Labute approximate surface area is 170 Å². The van der Waals surface area contributed by atoms with Crippen LogP contribution in [0.15, 0.2) is 54.9 Å². The van der Waals surface area contributed by atoms with Gasteiger partial charge in [-0.2, -0.15) is 5.10 Å². The maximum absolute atomic E-state index is 12.3. The number of aryl methyl sites for hydroxylation is 3. The zero-order valence-electron chi connectivity index (χ0n) is 16.1. The van der Waals surface area contributed by atoms with Crippen molar-refractivity contribution in [3.63, 3.8) is 0 Å². The van der Waals surface area contributed by atoms with E-state index in [4.69, 9.17) is 16.3 Å². The van der Waals surface area contributed by atoms with Crippen LogP contribution < -0.4 is 10.1 Å². The highest BCUT2D eigenvalue weighted by Gasteiger charge is 2.06. The molecule has 0 aliphatic heterocycles. The third-order valence-electron chi connectivity index (χ3n) is 4.31. The van der Waals surface area contributed by atoms with Gasteiger partial charge in [0, 0.05) is 24.8 Å². The van der Waals surface area contributed by atoms with E-state index in [9.17, 15) is 4.79 Å². The fraction of sp³-hybridized carbons (Fsp3) is 0.273. The van der Waals surface area contributed by atoms with Crippen molar-refractivity contribution in [2.45, 2.75) is 33.4 Å². The summed E-state index contributed by atoms with van der Waals surface area (Å²) in [4.78, 5) is 12.3. The molecule has 6 heteroatoms. The predicted octanol–water partition coefficient (Wildman–Crippen LogP) is 4.55. The van der Waals surface area contributed by atoms with E-state index in [-0.39, 0.29) is 5.91 Å². The Morgan fingerprint density at radius 1 is 1.14 bits per heavy atom. The molecule has 0 aliphatic carbocycles. The Morgan fingerprint density at radius 3 is 2.64 bits per heavy atom. The number of nitrogens with one attached hydrogen (secondary N) is 1. The van der Waals surface area contributed by atoms with E-state index in [1.807, 2.05) is 73.4 Å². The van der Waals surface area contributed by atoms with Gasteiger partial charge in [-0.25, -0.2) is 0 Å². The van der Waals surface area contributed by atoms with Crippen LogP contribution in [-0.2, 0) is 13.2 Å². The number of ether oxygens (including phenoxy) is 1. The monoisotopic (exact) mass is 397 g/mol. The average molecular weight is 398 g/mol. The zero-order valence-corrected chi connectivity index (χ0v) is 16.9. The summed E-state index contributed by atoms with van der Waals surface area (Å²) in [5.74, 6) is 0.585. The van der Waals surface area contributed by atoms with Gasteiger partial charge in [-0.1, -0.05) is 29.8 Å². The van der Waals surface area contributed by atoms with Crippen molar-refractivity contribution in [1.29, 1.82) is 0 Å². The molecule has 1 heterocycles. The molecule has 0 aliphatic rings. The van der Waals surface area contributed by atoms with E-state index in [2.05, 4.69) is 10.4 Å². The van der Waals surface area contributed by atoms with Crippen LogP contribution in [0.25, 0.3) is 0 Å². The van der Waals surface area contributed by atoms with E-state index >= 15 is 0 Å². The summed E-state index contributed by atoms with van der Waals surface area (Å²) in [5.41, 5.74) is 3.84. The minimum atomic E-state index is -0.0779. The minimum Gasteiger partial charge on any atom is -0.487 e.